The molecule has 0 spiro atoms. The molecule has 0 fully saturated rings. The van der Waals surface area contributed by atoms with Crippen LogP contribution in [0.25, 0.3) is 0 Å². The summed E-state index contributed by atoms with van der Waals surface area (Å²) in [5.74, 6) is -5.27. The first-order chi connectivity index (χ1) is 8.47. The second-order valence-corrected chi connectivity index (χ2v) is 3.32. The molecule has 0 aliphatic rings. The molecule has 0 aliphatic heterocycles. The number of carbonyl (C=O) groups excluding carboxylic acids is 1. The molecule has 18 heavy (non-hydrogen) atoms. The Labute approximate surface area is 103 Å². The molecule has 0 amide bonds. The number of nitriles is 1. The molecule has 0 aromatic heterocycles. The first kappa shape index (κ1) is 13.9. The average molecular weight is 255 g/mol. The normalized spacial score (nSPS) is 10.6. The van der Waals surface area contributed by atoms with Crippen molar-refractivity contribution < 1.29 is 23.0 Å². The SMILES string of the molecule is CCOC(=O)C(F)(F)c1ccc(OC)cc1C#N. The van der Waals surface area contributed by atoms with E-state index in [1.54, 1.807) is 6.07 Å². The molecule has 0 unspecified atom stereocenters. The fraction of sp³-hybridized carbons (Fsp3) is 0.333. The van der Waals surface area contributed by atoms with Crippen LogP contribution in [0.1, 0.15) is 18.1 Å². The van der Waals surface area contributed by atoms with Crippen LogP contribution in [0.3, 0.4) is 0 Å². The second-order valence-electron chi connectivity index (χ2n) is 3.32. The highest BCUT2D eigenvalue weighted by molar-refractivity contribution is 5.80. The molecule has 4 nitrogen and oxygen atoms in total. The molecule has 0 N–H and O–H groups in total. The minimum Gasteiger partial charge on any atom is -0.497 e. The van der Waals surface area contributed by atoms with Crippen LogP contribution in [-0.2, 0) is 15.5 Å². The van der Waals surface area contributed by atoms with E-state index in [1.807, 2.05) is 0 Å². The van der Waals surface area contributed by atoms with Gasteiger partial charge < -0.3 is 9.47 Å². The van der Waals surface area contributed by atoms with Gasteiger partial charge in [-0.05, 0) is 25.1 Å². The maximum Gasteiger partial charge on any atom is 0.382 e. The summed E-state index contributed by atoms with van der Waals surface area (Å²) in [6.07, 6.45) is 0. The Morgan fingerprint density at radius 1 is 1.50 bits per heavy atom. The topological polar surface area (TPSA) is 59.3 Å². The fourth-order valence-electron chi connectivity index (χ4n) is 1.35. The van der Waals surface area contributed by atoms with Gasteiger partial charge in [0.15, 0.2) is 0 Å². The Balaban J connectivity index is 3.24. The standard InChI is InChI=1S/C12H11F2NO3/c1-3-18-11(16)12(13,14)10-5-4-9(17-2)6-8(10)7-15/h4-6H,3H2,1-2H3. The summed E-state index contributed by atoms with van der Waals surface area (Å²) in [5, 5.41) is 8.82. The number of hydrogen-bond acceptors (Lipinski definition) is 4. The number of esters is 1. The van der Waals surface area contributed by atoms with Gasteiger partial charge in [-0.15, -0.1) is 0 Å². The molecular weight excluding hydrogens is 244 g/mol. The summed E-state index contributed by atoms with van der Waals surface area (Å²) in [7, 11) is 1.35. The summed E-state index contributed by atoms with van der Waals surface area (Å²) in [5.41, 5.74) is -1.02. The van der Waals surface area contributed by atoms with E-state index < -0.39 is 17.5 Å². The number of ether oxygens (including phenoxy) is 2. The van der Waals surface area contributed by atoms with Gasteiger partial charge in [0.05, 0.1) is 30.9 Å². The van der Waals surface area contributed by atoms with Crippen molar-refractivity contribution in [3.8, 4) is 11.8 Å². The van der Waals surface area contributed by atoms with Crippen LogP contribution >= 0.6 is 0 Å². The van der Waals surface area contributed by atoms with Gasteiger partial charge in [0, 0.05) is 0 Å². The molecule has 0 heterocycles. The smallest absolute Gasteiger partial charge is 0.382 e. The van der Waals surface area contributed by atoms with Crippen molar-refractivity contribution in [1.82, 2.24) is 0 Å². The Bertz CT molecular complexity index is 495. The minimum atomic E-state index is -3.85. The molecule has 0 atom stereocenters. The Hall–Kier alpha value is -2.16. The highest BCUT2D eigenvalue weighted by Crippen LogP contribution is 2.33. The molecule has 0 saturated heterocycles. The lowest BCUT2D eigenvalue weighted by Gasteiger charge is -2.16. The molecular formula is C12H11F2NO3. The van der Waals surface area contributed by atoms with Crippen molar-refractivity contribution in [2.24, 2.45) is 0 Å². The Morgan fingerprint density at radius 2 is 2.17 bits per heavy atom. The maximum atomic E-state index is 13.8. The van der Waals surface area contributed by atoms with Crippen molar-refractivity contribution in [3.05, 3.63) is 29.3 Å². The van der Waals surface area contributed by atoms with Gasteiger partial charge in [0.25, 0.3) is 0 Å². The van der Waals surface area contributed by atoms with Crippen molar-refractivity contribution in [1.29, 1.82) is 5.26 Å². The van der Waals surface area contributed by atoms with Gasteiger partial charge in [-0.25, -0.2) is 4.79 Å². The molecule has 1 aromatic carbocycles. The van der Waals surface area contributed by atoms with Crippen LogP contribution in [0.15, 0.2) is 18.2 Å². The zero-order valence-electron chi connectivity index (χ0n) is 9.87. The lowest BCUT2D eigenvalue weighted by molar-refractivity contribution is -0.173. The van der Waals surface area contributed by atoms with Gasteiger partial charge >= 0.3 is 11.9 Å². The van der Waals surface area contributed by atoms with E-state index in [1.165, 1.54) is 20.1 Å². The average Bonchev–Trinajstić information content (AvgIpc) is 2.38. The molecule has 96 valence electrons. The van der Waals surface area contributed by atoms with Gasteiger partial charge in [0.1, 0.15) is 5.75 Å². The van der Waals surface area contributed by atoms with Crippen molar-refractivity contribution in [2.45, 2.75) is 12.8 Å². The number of benzene rings is 1. The summed E-state index contributed by atoms with van der Waals surface area (Å²) in [6, 6.07) is 4.98. The van der Waals surface area contributed by atoms with E-state index >= 15 is 0 Å². The summed E-state index contributed by atoms with van der Waals surface area (Å²) >= 11 is 0. The number of carbonyl (C=O) groups is 1. The molecule has 0 radical (unpaired) electrons. The largest absolute Gasteiger partial charge is 0.497 e. The lowest BCUT2D eigenvalue weighted by Crippen LogP contribution is -2.29. The summed E-state index contributed by atoms with van der Waals surface area (Å²) in [6.45, 7) is 1.26. The third-order valence-corrected chi connectivity index (χ3v) is 2.22. The first-order valence-corrected chi connectivity index (χ1v) is 5.11. The van der Waals surface area contributed by atoms with Gasteiger partial charge in [-0.2, -0.15) is 14.0 Å². The third-order valence-electron chi connectivity index (χ3n) is 2.22. The highest BCUT2D eigenvalue weighted by atomic mass is 19.3. The van der Waals surface area contributed by atoms with E-state index in [0.717, 1.165) is 12.1 Å². The number of alkyl halides is 2. The van der Waals surface area contributed by atoms with Crippen LogP contribution in [0.4, 0.5) is 8.78 Å². The van der Waals surface area contributed by atoms with E-state index in [2.05, 4.69) is 4.74 Å². The van der Waals surface area contributed by atoms with Crippen molar-refractivity contribution in [2.75, 3.05) is 13.7 Å². The van der Waals surface area contributed by atoms with Crippen LogP contribution in [-0.4, -0.2) is 19.7 Å². The summed E-state index contributed by atoms with van der Waals surface area (Å²) in [4.78, 5) is 11.2. The zero-order valence-corrected chi connectivity index (χ0v) is 9.87. The molecule has 0 bridgehead atoms. The zero-order chi connectivity index (χ0) is 13.8. The number of methoxy groups -OCH3 is 1. The molecule has 0 aliphatic carbocycles. The van der Waals surface area contributed by atoms with E-state index in [4.69, 9.17) is 10.00 Å². The minimum absolute atomic E-state index is 0.160. The number of rotatable bonds is 4. The molecule has 1 aromatic rings. The van der Waals surface area contributed by atoms with E-state index in [-0.39, 0.29) is 17.9 Å². The fourth-order valence-corrected chi connectivity index (χ4v) is 1.35. The van der Waals surface area contributed by atoms with Gasteiger partial charge in [-0.3, -0.25) is 0 Å². The quantitative estimate of drug-likeness (QED) is 0.774. The molecule has 1 rings (SSSR count). The number of nitrogens with zero attached hydrogens (tertiary/aromatic N) is 1. The van der Waals surface area contributed by atoms with E-state index in [0.29, 0.717) is 0 Å². The second kappa shape index (κ2) is 5.45. The van der Waals surface area contributed by atoms with Crippen LogP contribution in [0, 0.1) is 11.3 Å². The number of halogens is 2. The first-order valence-electron chi connectivity index (χ1n) is 5.11. The molecule has 0 saturated carbocycles. The van der Waals surface area contributed by atoms with Crippen LogP contribution in [0.5, 0.6) is 5.75 Å². The van der Waals surface area contributed by atoms with Crippen molar-refractivity contribution in [3.63, 3.8) is 0 Å². The maximum absolute atomic E-state index is 13.8. The summed E-state index contributed by atoms with van der Waals surface area (Å²) < 4.78 is 36.6. The van der Waals surface area contributed by atoms with E-state index in [9.17, 15) is 13.6 Å². The number of hydrogen-bond donors (Lipinski definition) is 0. The third kappa shape index (κ3) is 2.56. The highest BCUT2D eigenvalue weighted by Gasteiger charge is 2.44. The van der Waals surface area contributed by atoms with Crippen LogP contribution < -0.4 is 4.74 Å². The molecule has 6 heteroatoms. The van der Waals surface area contributed by atoms with Gasteiger partial charge in [-0.1, -0.05) is 0 Å². The Kier molecular flexibility index (Phi) is 4.21. The Morgan fingerprint density at radius 3 is 2.67 bits per heavy atom. The lowest BCUT2D eigenvalue weighted by atomic mass is 10.0. The van der Waals surface area contributed by atoms with Crippen LogP contribution in [0.2, 0.25) is 0 Å². The monoisotopic (exact) mass is 255 g/mol. The predicted molar refractivity (Wildman–Crippen MR) is 58.2 cm³/mol. The van der Waals surface area contributed by atoms with Gasteiger partial charge in [0.2, 0.25) is 0 Å². The van der Waals surface area contributed by atoms with Crippen molar-refractivity contribution >= 4 is 5.97 Å². The predicted octanol–water partition coefficient (Wildman–Crippen LogP) is 2.22.